The van der Waals surface area contributed by atoms with Gasteiger partial charge in [0.1, 0.15) is 5.54 Å². The van der Waals surface area contributed by atoms with Crippen LogP contribution in [-0.2, 0) is 20.8 Å². The summed E-state index contributed by atoms with van der Waals surface area (Å²) in [5.41, 5.74) is -2.51. The Hall–Kier alpha value is -3.01. The first-order valence-corrected chi connectivity index (χ1v) is 17.8. The molecule has 0 radical (unpaired) electrons. The molecule has 2 aromatic carbocycles. The van der Waals surface area contributed by atoms with Crippen LogP contribution in [0.15, 0.2) is 58.3 Å². The summed E-state index contributed by atoms with van der Waals surface area (Å²) in [4.78, 5) is 32.0. The van der Waals surface area contributed by atoms with Gasteiger partial charge in [-0.3, -0.25) is 14.5 Å². The number of terminal acetylenes is 1. The fourth-order valence-electron chi connectivity index (χ4n) is 6.58. The molecule has 45 heavy (non-hydrogen) atoms. The van der Waals surface area contributed by atoms with Crippen LogP contribution in [0.4, 0.5) is 13.2 Å². The van der Waals surface area contributed by atoms with Crippen molar-refractivity contribution in [1.29, 1.82) is 0 Å². The molecule has 0 bridgehead atoms. The molecule has 12 heteroatoms. The normalized spacial score (nSPS) is 24.2. The van der Waals surface area contributed by atoms with Gasteiger partial charge in [0.05, 0.1) is 22.8 Å². The maximum atomic E-state index is 13.9. The summed E-state index contributed by atoms with van der Waals surface area (Å²) in [7, 11) is -3.71. The quantitative estimate of drug-likeness (QED) is 0.267. The lowest BCUT2D eigenvalue weighted by Crippen LogP contribution is -2.56. The van der Waals surface area contributed by atoms with Crippen LogP contribution < -0.4 is 5.32 Å². The number of benzene rings is 2. The molecule has 2 amide bonds. The highest BCUT2D eigenvalue weighted by molar-refractivity contribution is 7.98. The summed E-state index contributed by atoms with van der Waals surface area (Å²) in [6.07, 6.45) is 4.97. The van der Waals surface area contributed by atoms with E-state index in [0.717, 1.165) is 23.1 Å². The van der Waals surface area contributed by atoms with Crippen LogP contribution in [-0.4, -0.2) is 78.8 Å². The minimum Gasteiger partial charge on any atom is -0.338 e. The van der Waals surface area contributed by atoms with Crippen LogP contribution in [0, 0.1) is 18.3 Å². The average molecular weight is 664 g/mol. The van der Waals surface area contributed by atoms with Crippen molar-refractivity contribution in [2.75, 3.05) is 25.1 Å². The van der Waals surface area contributed by atoms with E-state index in [1.807, 2.05) is 20.1 Å². The van der Waals surface area contributed by atoms with E-state index < -0.39 is 45.0 Å². The molecular formula is C33H40F3N3O4S2. The Bertz CT molecular complexity index is 1540. The van der Waals surface area contributed by atoms with Gasteiger partial charge in [0, 0.05) is 35.1 Å². The third kappa shape index (κ3) is 7.87. The molecule has 2 unspecified atom stereocenters. The van der Waals surface area contributed by atoms with E-state index >= 15 is 0 Å². The Morgan fingerprint density at radius 2 is 1.89 bits per heavy atom. The fourth-order valence-corrected chi connectivity index (χ4v) is 8.65. The molecule has 244 valence electrons. The highest BCUT2D eigenvalue weighted by atomic mass is 32.2. The standard InChI is InChI=1S/C33H40F3N3O4S2/c1-6-17-38(22(2)3)26-10-15-29(24(20-26)21-45(42,43)28-13-11-27(44-5)12-14-28)39-18-16-32(4,31(39)41)37-30(40)23-8-7-9-25(19-23)33(34,35)36/h1,7-9,11-14,19,22,24,26,29H,10,15-18,20-21H2,2-5H3,(H,37,40)/t24-,26?,29?,32-/m0/s1. The summed E-state index contributed by atoms with van der Waals surface area (Å²) in [6.45, 7) is 6.37. The van der Waals surface area contributed by atoms with Gasteiger partial charge in [-0.1, -0.05) is 12.0 Å². The van der Waals surface area contributed by atoms with E-state index in [4.69, 9.17) is 6.42 Å². The van der Waals surface area contributed by atoms with E-state index in [2.05, 4.69) is 16.1 Å². The summed E-state index contributed by atoms with van der Waals surface area (Å²) >= 11 is 1.52. The van der Waals surface area contributed by atoms with Crippen molar-refractivity contribution in [2.45, 2.75) is 86.1 Å². The smallest absolute Gasteiger partial charge is 0.338 e. The van der Waals surface area contributed by atoms with Crippen molar-refractivity contribution in [3.63, 3.8) is 0 Å². The van der Waals surface area contributed by atoms with Gasteiger partial charge < -0.3 is 10.2 Å². The molecule has 1 aliphatic carbocycles. The van der Waals surface area contributed by atoms with Gasteiger partial charge in [0.25, 0.3) is 5.91 Å². The Morgan fingerprint density at radius 3 is 2.49 bits per heavy atom. The molecule has 1 saturated carbocycles. The van der Waals surface area contributed by atoms with Gasteiger partial charge in [-0.2, -0.15) is 13.2 Å². The minimum absolute atomic E-state index is 0.0288. The molecule has 1 aliphatic heterocycles. The molecular weight excluding hydrogens is 624 g/mol. The summed E-state index contributed by atoms with van der Waals surface area (Å²) in [5.74, 6) is 0.994. The largest absolute Gasteiger partial charge is 0.416 e. The van der Waals surface area contributed by atoms with Gasteiger partial charge >= 0.3 is 6.18 Å². The topological polar surface area (TPSA) is 86.8 Å². The van der Waals surface area contributed by atoms with E-state index in [1.165, 1.54) is 17.8 Å². The van der Waals surface area contributed by atoms with Crippen molar-refractivity contribution in [1.82, 2.24) is 15.1 Å². The van der Waals surface area contributed by atoms with Crippen LogP contribution in [0.3, 0.4) is 0 Å². The minimum atomic E-state index is -4.61. The highest BCUT2D eigenvalue weighted by Crippen LogP contribution is 2.38. The van der Waals surface area contributed by atoms with Crippen LogP contribution in [0.1, 0.15) is 62.4 Å². The molecule has 0 aromatic heterocycles. The third-order valence-electron chi connectivity index (χ3n) is 9.00. The Morgan fingerprint density at radius 1 is 1.20 bits per heavy atom. The average Bonchev–Trinajstić information content (AvgIpc) is 3.28. The fraction of sp³-hybridized carbons (Fsp3) is 0.515. The number of carbonyl (C=O) groups excluding carboxylic acids is 2. The van der Waals surface area contributed by atoms with Crippen LogP contribution in [0.2, 0.25) is 0 Å². The van der Waals surface area contributed by atoms with E-state index in [9.17, 15) is 31.2 Å². The van der Waals surface area contributed by atoms with Gasteiger partial charge in [0.15, 0.2) is 9.84 Å². The zero-order valence-corrected chi connectivity index (χ0v) is 27.6. The number of hydrogen-bond donors (Lipinski definition) is 1. The van der Waals surface area contributed by atoms with Crippen molar-refractivity contribution in [3.05, 3.63) is 59.7 Å². The number of alkyl halides is 3. The van der Waals surface area contributed by atoms with Crippen molar-refractivity contribution >= 4 is 33.4 Å². The number of amides is 2. The number of sulfone groups is 1. The zero-order valence-electron chi connectivity index (χ0n) is 25.9. The van der Waals surface area contributed by atoms with Gasteiger partial charge in [-0.25, -0.2) is 8.42 Å². The number of carbonyl (C=O) groups is 2. The predicted octanol–water partition coefficient (Wildman–Crippen LogP) is 5.50. The lowest BCUT2D eigenvalue weighted by Gasteiger charge is -2.45. The number of rotatable bonds is 10. The molecule has 4 atom stereocenters. The summed E-state index contributed by atoms with van der Waals surface area (Å²) < 4.78 is 67.2. The van der Waals surface area contributed by atoms with Crippen LogP contribution in [0.5, 0.6) is 0 Å². The Balaban J connectivity index is 1.59. The zero-order chi connectivity index (χ0) is 33.2. The number of hydrogen-bond acceptors (Lipinski definition) is 6. The predicted molar refractivity (Wildman–Crippen MR) is 170 cm³/mol. The van der Waals surface area contributed by atoms with Crippen molar-refractivity contribution < 1.29 is 31.2 Å². The number of thioether (sulfide) groups is 1. The van der Waals surface area contributed by atoms with Crippen LogP contribution >= 0.6 is 11.8 Å². The van der Waals surface area contributed by atoms with E-state index in [-0.39, 0.29) is 47.2 Å². The van der Waals surface area contributed by atoms with E-state index in [1.54, 1.807) is 36.1 Å². The van der Waals surface area contributed by atoms with Gasteiger partial charge in [-0.15, -0.1) is 18.2 Å². The maximum absolute atomic E-state index is 13.9. The number of nitrogens with zero attached hydrogens (tertiary/aromatic N) is 2. The van der Waals surface area contributed by atoms with Crippen molar-refractivity contribution in [3.8, 4) is 12.3 Å². The highest BCUT2D eigenvalue weighted by Gasteiger charge is 2.50. The first-order valence-electron chi connectivity index (χ1n) is 15.0. The lowest BCUT2D eigenvalue weighted by atomic mass is 9.80. The molecule has 2 aliphatic rings. The van der Waals surface area contributed by atoms with E-state index in [0.29, 0.717) is 25.8 Å². The molecule has 2 fully saturated rings. The van der Waals surface area contributed by atoms with Crippen molar-refractivity contribution in [2.24, 2.45) is 5.92 Å². The molecule has 1 N–H and O–H groups in total. The third-order valence-corrected chi connectivity index (χ3v) is 11.6. The second kappa shape index (κ2) is 13.8. The molecule has 1 saturated heterocycles. The Kier molecular flexibility index (Phi) is 10.7. The Labute approximate surface area is 268 Å². The second-order valence-corrected chi connectivity index (χ2v) is 15.2. The number of nitrogens with one attached hydrogen (secondary N) is 1. The monoisotopic (exact) mass is 663 g/mol. The molecule has 2 aromatic rings. The second-order valence-electron chi connectivity index (χ2n) is 12.3. The SMILES string of the molecule is C#CCN(C(C)C)C1CCC(N2CC[C@](C)(NC(=O)c3cccc(C(F)(F)F)c3)C2=O)[C@H](CS(=O)(=O)c2ccc(SC)cc2)C1. The number of likely N-dealkylation sites (tertiary alicyclic amines) is 1. The van der Waals surface area contributed by atoms with Crippen LogP contribution in [0.25, 0.3) is 0 Å². The molecule has 1 heterocycles. The number of halogens is 3. The summed E-state index contributed by atoms with van der Waals surface area (Å²) in [6, 6.07) is 10.6. The van der Waals surface area contributed by atoms with Gasteiger partial charge in [0.2, 0.25) is 5.91 Å². The molecule has 4 rings (SSSR count). The molecule has 0 spiro atoms. The first kappa shape index (κ1) is 34.9. The maximum Gasteiger partial charge on any atom is 0.416 e. The van der Waals surface area contributed by atoms with Gasteiger partial charge in [-0.05, 0) is 101 Å². The molecule has 7 nitrogen and oxygen atoms in total. The lowest BCUT2D eigenvalue weighted by molar-refractivity contribution is -0.138. The first-order chi connectivity index (χ1) is 21.1. The summed E-state index contributed by atoms with van der Waals surface area (Å²) in [5, 5.41) is 2.68.